The molecule has 0 bridgehead atoms. The molecule has 2 heterocycles. The number of carbonyl (C=O) groups is 2. The van der Waals surface area contributed by atoms with E-state index in [2.05, 4.69) is 4.99 Å². The average Bonchev–Trinajstić information content (AvgIpc) is 3.05. The molecule has 1 N–H and O–H groups in total. The minimum Gasteiger partial charge on any atom is -0.495 e. The van der Waals surface area contributed by atoms with Crippen LogP contribution in [0.3, 0.4) is 0 Å². The molecule has 0 radical (unpaired) electrons. The van der Waals surface area contributed by atoms with Gasteiger partial charge in [-0.2, -0.15) is 4.99 Å². The number of carboxylic acid groups (broad SMARTS) is 1. The van der Waals surface area contributed by atoms with Crippen molar-refractivity contribution in [1.29, 1.82) is 0 Å². The highest BCUT2D eigenvalue weighted by molar-refractivity contribution is 8.16. The third kappa shape index (κ3) is 4.44. The minimum atomic E-state index is -3.15. The number of fused-ring (bicyclic) bond motifs is 1. The van der Waals surface area contributed by atoms with E-state index in [1.807, 2.05) is 12.1 Å². The monoisotopic (exact) mass is 412 g/mol. The second-order valence-corrected chi connectivity index (χ2v) is 9.74. The van der Waals surface area contributed by atoms with E-state index in [9.17, 15) is 18.0 Å². The molecule has 146 valence electrons. The minimum absolute atomic E-state index is 0.00502. The van der Waals surface area contributed by atoms with Crippen LogP contribution in [-0.4, -0.2) is 60.5 Å². The Morgan fingerprint density at radius 1 is 1.30 bits per heavy atom. The third-order valence-electron chi connectivity index (χ3n) is 4.41. The van der Waals surface area contributed by atoms with Gasteiger partial charge in [0.1, 0.15) is 5.75 Å². The lowest BCUT2D eigenvalue weighted by molar-refractivity contribution is -0.137. The number of rotatable bonds is 6. The lowest BCUT2D eigenvalue weighted by atomic mass is 10.2. The number of carbonyl (C=O) groups excluding carboxylic acids is 1. The molecule has 8 nitrogen and oxygen atoms in total. The van der Waals surface area contributed by atoms with Crippen molar-refractivity contribution in [3.05, 3.63) is 24.3 Å². The van der Waals surface area contributed by atoms with Crippen molar-refractivity contribution in [3.63, 3.8) is 0 Å². The first-order valence-corrected chi connectivity index (χ1v) is 11.1. The molecule has 0 saturated carbocycles. The average molecular weight is 412 g/mol. The highest BCUT2D eigenvalue weighted by Gasteiger charge is 2.49. The Kier molecular flexibility index (Phi) is 5.75. The number of aliphatic imine (C=N–C) groups is 1. The van der Waals surface area contributed by atoms with Crippen molar-refractivity contribution >= 4 is 44.3 Å². The van der Waals surface area contributed by atoms with Crippen LogP contribution in [0.2, 0.25) is 0 Å². The number of ether oxygens (including phenoxy) is 1. The van der Waals surface area contributed by atoms with Crippen molar-refractivity contribution in [2.24, 2.45) is 4.99 Å². The van der Waals surface area contributed by atoms with Crippen molar-refractivity contribution in [1.82, 2.24) is 0 Å². The van der Waals surface area contributed by atoms with E-state index in [1.54, 1.807) is 17.0 Å². The molecule has 2 saturated heterocycles. The topological polar surface area (TPSA) is 113 Å². The lowest BCUT2D eigenvalue weighted by Gasteiger charge is -2.26. The fourth-order valence-electron chi connectivity index (χ4n) is 3.23. The summed E-state index contributed by atoms with van der Waals surface area (Å²) in [6, 6.07) is 6.87. The largest absolute Gasteiger partial charge is 0.495 e. The summed E-state index contributed by atoms with van der Waals surface area (Å²) in [4.78, 5) is 28.7. The zero-order valence-corrected chi connectivity index (χ0v) is 16.3. The van der Waals surface area contributed by atoms with Gasteiger partial charge in [0.15, 0.2) is 15.0 Å². The van der Waals surface area contributed by atoms with E-state index in [4.69, 9.17) is 9.84 Å². The maximum Gasteiger partial charge on any atom is 0.303 e. The Morgan fingerprint density at radius 3 is 2.74 bits per heavy atom. The van der Waals surface area contributed by atoms with Crippen LogP contribution in [0.4, 0.5) is 5.69 Å². The molecule has 2 atom stereocenters. The Balaban J connectivity index is 1.90. The van der Waals surface area contributed by atoms with Crippen LogP contribution in [0.15, 0.2) is 29.3 Å². The Bertz CT molecular complexity index is 883. The summed E-state index contributed by atoms with van der Waals surface area (Å²) in [5.41, 5.74) is 0.661. The molecule has 0 unspecified atom stereocenters. The molecule has 1 aromatic carbocycles. The van der Waals surface area contributed by atoms with Gasteiger partial charge in [0.25, 0.3) is 0 Å². The fraction of sp³-hybridized carbons (Fsp3) is 0.471. The highest BCUT2D eigenvalue weighted by atomic mass is 32.2. The summed E-state index contributed by atoms with van der Waals surface area (Å²) >= 11 is 1.28. The van der Waals surface area contributed by atoms with Crippen LogP contribution in [0, 0.1) is 0 Å². The van der Waals surface area contributed by atoms with E-state index in [1.165, 1.54) is 18.9 Å². The highest BCUT2D eigenvalue weighted by Crippen LogP contribution is 2.43. The maximum absolute atomic E-state index is 12.2. The van der Waals surface area contributed by atoms with Gasteiger partial charge in [-0.3, -0.25) is 9.59 Å². The molecule has 1 aromatic rings. The Labute approximate surface area is 161 Å². The number of carboxylic acids is 1. The molecule has 3 rings (SSSR count). The van der Waals surface area contributed by atoms with Gasteiger partial charge in [-0.25, -0.2) is 8.42 Å². The normalized spacial score (nSPS) is 24.8. The van der Waals surface area contributed by atoms with Gasteiger partial charge in [-0.15, -0.1) is 0 Å². The molecule has 2 fully saturated rings. The molecule has 1 amide bonds. The number of nitrogens with zero attached hydrogens (tertiary/aromatic N) is 2. The molecule has 0 aromatic heterocycles. The summed E-state index contributed by atoms with van der Waals surface area (Å²) in [6.07, 6.45) is 0.152. The molecule has 27 heavy (non-hydrogen) atoms. The van der Waals surface area contributed by atoms with Crippen molar-refractivity contribution in [2.75, 3.05) is 23.5 Å². The van der Waals surface area contributed by atoms with Crippen LogP contribution in [0.1, 0.15) is 19.3 Å². The van der Waals surface area contributed by atoms with Crippen LogP contribution < -0.4 is 9.64 Å². The second-order valence-electron chi connectivity index (χ2n) is 6.38. The molecule has 2 aliphatic rings. The molecule has 0 spiro atoms. The summed E-state index contributed by atoms with van der Waals surface area (Å²) in [6.45, 7) is 0. The smallest absolute Gasteiger partial charge is 0.303 e. The number of hydrogen-bond acceptors (Lipinski definition) is 6. The number of para-hydroxylation sites is 2. The van der Waals surface area contributed by atoms with Gasteiger partial charge >= 0.3 is 5.97 Å². The molecular weight excluding hydrogens is 392 g/mol. The fourth-order valence-corrected chi connectivity index (χ4v) is 7.15. The number of aliphatic carboxylic acids is 1. The second kappa shape index (κ2) is 7.89. The molecule has 0 aliphatic carbocycles. The number of methoxy groups -OCH3 is 1. The number of amidine groups is 1. The standard InChI is InChI=1S/C17H20N2O6S2/c1-25-13-6-3-2-5-11(13)19-12-9-27(23,24)10-14(12)26-17(19)18-15(20)7-4-8-16(21)22/h2-3,5-6,12,14H,4,7-10H2,1H3,(H,21,22)/t12-,14-/m1/s1. The maximum atomic E-state index is 12.2. The van der Waals surface area contributed by atoms with E-state index < -0.39 is 21.7 Å². The van der Waals surface area contributed by atoms with Gasteiger partial charge < -0.3 is 14.7 Å². The van der Waals surface area contributed by atoms with Crippen LogP contribution in [0.5, 0.6) is 5.75 Å². The number of anilines is 1. The number of sulfone groups is 1. The summed E-state index contributed by atoms with van der Waals surface area (Å²) in [5, 5.41) is 8.92. The van der Waals surface area contributed by atoms with E-state index in [0.29, 0.717) is 16.6 Å². The first-order chi connectivity index (χ1) is 12.8. The lowest BCUT2D eigenvalue weighted by Crippen LogP contribution is -2.38. The zero-order chi connectivity index (χ0) is 19.6. The van der Waals surface area contributed by atoms with Crippen molar-refractivity contribution in [3.8, 4) is 5.75 Å². The van der Waals surface area contributed by atoms with Crippen molar-refractivity contribution < 1.29 is 27.9 Å². The van der Waals surface area contributed by atoms with E-state index >= 15 is 0 Å². The number of thioether (sulfide) groups is 1. The van der Waals surface area contributed by atoms with Crippen LogP contribution in [0.25, 0.3) is 0 Å². The van der Waals surface area contributed by atoms with E-state index in [-0.39, 0.29) is 42.1 Å². The first-order valence-electron chi connectivity index (χ1n) is 8.43. The van der Waals surface area contributed by atoms with Gasteiger partial charge in [0.2, 0.25) is 5.91 Å². The Morgan fingerprint density at radius 2 is 2.04 bits per heavy atom. The zero-order valence-electron chi connectivity index (χ0n) is 14.7. The molecule has 2 aliphatic heterocycles. The van der Waals surface area contributed by atoms with Gasteiger partial charge in [0, 0.05) is 18.1 Å². The summed E-state index contributed by atoms with van der Waals surface area (Å²) < 4.78 is 29.5. The van der Waals surface area contributed by atoms with Crippen LogP contribution >= 0.6 is 11.8 Å². The SMILES string of the molecule is COc1ccccc1N1C(=NC(=O)CCCC(=O)O)S[C@@H]2CS(=O)(=O)C[C@H]21. The molecule has 10 heteroatoms. The van der Waals surface area contributed by atoms with Gasteiger partial charge in [-0.1, -0.05) is 23.9 Å². The summed E-state index contributed by atoms with van der Waals surface area (Å²) in [7, 11) is -1.62. The quantitative estimate of drug-likeness (QED) is 0.749. The van der Waals surface area contributed by atoms with Gasteiger partial charge in [0.05, 0.1) is 30.3 Å². The number of amides is 1. The number of benzene rings is 1. The van der Waals surface area contributed by atoms with Crippen molar-refractivity contribution in [2.45, 2.75) is 30.6 Å². The van der Waals surface area contributed by atoms with Crippen LogP contribution in [-0.2, 0) is 19.4 Å². The first kappa shape index (κ1) is 19.7. The predicted octanol–water partition coefficient (Wildman–Crippen LogP) is 1.55. The van der Waals surface area contributed by atoms with Gasteiger partial charge in [-0.05, 0) is 18.6 Å². The van der Waals surface area contributed by atoms with E-state index in [0.717, 1.165) is 0 Å². The Hall–Kier alpha value is -2.07. The summed E-state index contributed by atoms with van der Waals surface area (Å²) in [5.74, 6) is -0.772. The number of hydrogen-bond donors (Lipinski definition) is 1. The predicted molar refractivity (Wildman–Crippen MR) is 103 cm³/mol. The third-order valence-corrected chi connectivity index (χ3v) is 7.62. The molecular formula is C17H20N2O6S2.